The highest BCUT2D eigenvalue weighted by atomic mass is 127. The molecule has 3 nitrogen and oxygen atoms in total. The van der Waals surface area contributed by atoms with Crippen molar-refractivity contribution >= 4 is 28.4 Å². The Morgan fingerprint density at radius 1 is 1.60 bits per heavy atom. The molecule has 0 radical (unpaired) electrons. The summed E-state index contributed by atoms with van der Waals surface area (Å²) < 4.78 is 0.917. The summed E-state index contributed by atoms with van der Waals surface area (Å²) in [4.78, 5) is 8.32. The van der Waals surface area contributed by atoms with Crippen LogP contribution in [0.15, 0.2) is 6.20 Å². The van der Waals surface area contributed by atoms with Gasteiger partial charge in [-0.15, -0.1) is 0 Å². The van der Waals surface area contributed by atoms with Crippen molar-refractivity contribution in [3.05, 3.63) is 15.6 Å². The molecular formula is C6H8IN3. The van der Waals surface area contributed by atoms with Crippen molar-refractivity contribution in [2.75, 3.05) is 12.4 Å². The molecule has 0 spiro atoms. The normalized spacial score (nSPS) is 9.50. The maximum absolute atomic E-state index is 4.21. The fourth-order valence-electron chi connectivity index (χ4n) is 0.616. The molecule has 0 bridgehead atoms. The van der Waals surface area contributed by atoms with Crippen LogP contribution in [0.1, 0.15) is 5.69 Å². The summed E-state index contributed by atoms with van der Waals surface area (Å²) in [6, 6.07) is 0. The maximum Gasteiger partial charge on any atom is 0.158 e. The van der Waals surface area contributed by atoms with E-state index in [9.17, 15) is 0 Å². The number of hydrogen-bond donors (Lipinski definition) is 1. The number of nitrogens with one attached hydrogen (secondary N) is 1. The van der Waals surface area contributed by atoms with Gasteiger partial charge in [-0.3, -0.25) is 0 Å². The molecular weight excluding hydrogens is 241 g/mol. The van der Waals surface area contributed by atoms with Gasteiger partial charge in [-0.25, -0.2) is 9.97 Å². The molecule has 0 saturated heterocycles. The van der Waals surface area contributed by atoms with Crippen LogP contribution in [0.5, 0.6) is 0 Å². The lowest BCUT2D eigenvalue weighted by molar-refractivity contribution is 1.08. The first-order valence-corrected chi connectivity index (χ1v) is 3.99. The Morgan fingerprint density at radius 3 is 2.80 bits per heavy atom. The SMILES string of the molecule is CNc1ncc(C)nc1I. The van der Waals surface area contributed by atoms with E-state index in [2.05, 4.69) is 37.9 Å². The van der Waals surface area contributed by atoms with E-state index in [1.165, 1.54) is 0 Å². The summed E-state index contributed by atoms with van der Waals surface area (Å²) in [5.74, 6) is 0.839. The Kier molecular flexibility index (Phi) is 2.42. The molecule has 0 atom stereocenters. The van der Waals surface area contributed by atoms with Crippen LogP contribution in [0.3, 0.4) is 0 Å². The van der Waals surface area contributed by atoms with Gasteiger partial charge in [-0.05, 0) is 29.5 Å². The molecule has 1 heterocycles. The number of anilines is 1. The number of hydrogen-bond acceptors (Lipinski definition) is 3. The van der Waals surface area contributed by atoms with Gasteiger partial charge in [-0.1, -0.05) is 0 Å². The number of nitrogens with zero attached hydrogens (tertiary/aromatic N) is 2. The highest BCUT2D eigenvalue weighted by molar-refractivity contribution is 14.1. The summed E-state index contributed by atoms with van der Waals surface area (Å²) in [5.41, 5.74) is 0.948. The monoisotopic (exact) mass is 249 g/mol. The molecule has 4 heteroatoms. The van der Waals surface area contributed by atoms with Crippen LogP contribution in [0.2, 0.25) is 0 Å². The standard InChI is InChI=1S/C6H8IN3/c1-4-3-9-6(8-2)5(7)10-4/h3H,1-2H3,(H,8,9). The zero-order valence-electron chi connectivity index (χ0n) is 5.85. The number of rotatable bonds is 1. The Balaban J connectivity index is 3.07. The van der Waals surface area contributed by atoms with Crippen LogP contribution in [0, 0.1) is 10.6 Å². The molecule has 1 N–H and O–H groups in total. The summed E-state index contributed by atoms with van der Waals surface area (Å²) >= 11 is 2.15. The van der Waals surface area contributed by atoms with Gasteiger partial charge in [0, 0.05) is 7.05 Å². The van der Waals surface area contributed by atoms with E-state index in [0.29, 0.717) is 0 Å². The minimum atomic E-state index is 0.839. The number of halogens is 1. The summed E-state index contributed by atoms with van der Waals surface area (Å²) in [7, 11) is 1.83. The van der Waals surface area contributed by atoms with Crippen LogP contribution in [-0.2, 0) is 0 Å². The predicted molar refractivity (Wildman–Crippen MR) is 49.0 cm³/mol. The molecule has 1 rings (SSSR count). The van der Waals surface area contributed by atoms with Gasteiger partial charge in [0.05, 0.1) is 11.9 Å². The topological polar surface area (TPSA) is 37.8 Å². The Labute approximate surface area is 73.4 Å². The van der Waals surface area contributed by atoms with Crippen molar-refractivity contribution in [1.29, 1.82) is 0 Å². The van der Waals surface area contributed by atoms with Gasteiger partial charge in [-0.2, -0.15) is 0 Å². The molecule has 0 aromatic carbocycles. The quantitative estimate of drug-likeness (QED) is 0.765. The van der Waals surface area contributed by atoms with Gasteiger partial charge in [0.25, 0.3) is 0 Å². The summed E-state index contributed by atoms with van der Waals surface area (Å²) in [6.07, 6.45) is 1.74. The highest BCUT2D eigenvalue weighted by Gasteiger charge is 1.98. The van der Waals surface area contributed by atoms with Gasteiger partial charge < -0.3 is 5.32 Å². The fourth-order valence-corrected chi connectivity index (χ4v) is 1.41. The molecule has 0 fully saturated rings. The Hall–Kier alpha value is -0.390. The average Bonchev–Trinajstić information content (AvgIpc) is 1.88. The predicted octanol–water partition coefficient (Wildman–Crippen LogP) is 1.43. The average molecular weight is 249 g/mol. The second kappa shape index (κ2) is 3.14. The number of aromatic nitrogens is 2. The van der Waals surface area contributed by atoms with Crippen molar-refractivity contribution in [3.8, 4) is 0 Å². The van der Waals surface area contributed by atoms with E-state index in [1.54, 1.807) is 6.20 Å². The molecule has 54 valence electrons. The van der Waals surface area contributed by atoms with Gasteiger partial charge in [0.1, 0.15) is 3.70 Å². The minimum Gasteiger partial charge on any atom is -0.371 e. The molecule has 0 aliphatic carbocycles. The first-order chi connectivity index (χ1) is 4.74. The summed E-state index contributed by atoms with van der Waals surface area (Å²) in [5, 5.41) is 2.94. The lowest BCUT2D eigenvalue weighted by Gasteiger charge is -2.00. The van der Waals surface area contributed by atoms with E-state index in [4.69, 9.17) is 0 Å². The number of aryl methyl sites for hydroxylation is 1. The van der Waals surface area contributed by atoms with Gasteiger partial charge >= 0.3 is 0 Å². The second-order valence-corrected chi connectivity index (χ2v) is 2.92. The zero-order valence-corrected chi connectivity index (χ0v) is 8.01. The van der Waals surface area contributed by atoms with E-state index >= 15 is 0 Å². The molecule has 10 heavy (non-hydrogen) atoms. The van der Waals surface area contributed by atoms with E-state index < -0.39 is 0 Å². The maximum atomic E-state index is 4.21. The lowest BCUT2D eigenvalue weighted by Crippen LogP contribution is -1.98. The van der Waals surface area contributed by atoms with E-state index in [1.807, 2.05) is 14.0 Å². The van der Waals surface area contributed by atoms with Gasteiger partial charge in [0.2, 0.25) is 0 Å². The first kappa shape index (κ1) is 7.71. The third-order valence-electron chi connectivity index (χ3n) is 1.09. The second-order valence-electron chi connectivity index (χ2n) is 1.90. The fraction of sp³-hybridized carbons (Fsp3) is 0.333. The lowest BCUT2D eigenvalue weighted by atomic mass is 10.5. The van der Waals surface area contributed by atoms with Crippen LogP contribution < -0.4 is 5.32 Å². The van der Waals surface area contributed by atoms with Crippen LogP contribution in [0.25, 0.3) is 0 Å². The van der Waals surface area contributed by atoms with Crippen LogP contribution >= 0.6 is 22.6 Å². The van der Waals surface area contributed by atoms with Crippen molar-refractivity contribution in [2.45, 2.75) is 6.92 Å². The molecule has 1 aromatic rings. The molecule has 1 aromatic heterocycles. The van der Waals surface area contributed by atoms with Crippen molar-refractivity contribution < 1.29 is 0 Å². The Morgan fingerprint density at radius 2 is 2.30 bits per heavy atom. The smallest absolute Gasteiger partial charge is 0.158 e. The molecule has 0 saturated carbocycles. The molecule has 0 unspecified atom stereocenters. The Bertz CT molecular complexity index is 236. The largest absolute Gasteiger partial charge is 0.371 e. The van der Waals surface area contributed by atoms with E-state index in [0.717, 1.165) is 15.2 Å². The molecule has 0 aliphatic rings. The van der Waals surface area contributed by atoms with Gasteiger partial charge in [0.15, 0.2) is 5.82 Å². The highest BCUT2D eigenvalue weighted by Crippen LogP contribution is 2.10. The van der Waals surface area contributed by atoms with Crippen LogP contribution in [0.4, 0.5) is 5.82 Å². The third kappa shape index (κ3) is 1.56. The van der Waals surface area contributed by atoms with E-state index in [-0.39, 0.29) is 0 Å². The van der Waals surface area contributed by atoms with Crippen molar-refractivity contribution in [3.63, 3.8) is 0 Å². The van der Waals surface area contributed by atoms with Crippen molar-refractivity contribution in [1.82, 2.24) is 9.97 Å². The molecule has 0 aliphatic heterocycles. The zero-order chi connectivity index (χ0) is 7.56. The minimum absolute atomic E-state index is 0.839. The van der Waals surface area contributed by atoms with Crippen molar-refractivity contribution in [2.24, 2.45) is 0 Å². The van der Waals surface area contributed by atoms with Crippen LogP contribution in [-0.4, -0.2) is 17.0 Å². The summed E-state index contributed by atoms with van der Waals surface area (Å²) in [6.45, 7) is 1.93. The molecule has 0 amide bonds. The third-order valence-corrected chi connectivity index (χ3v) is 1.84. The first-order valence-electron chi connectivity index (χ1n) is 2.91.